The van der Waals surface area contributed by atoms with Gasteiger partial charge >= 0.3 is 5.97 Å². The Labute approximate surface area is 121 Å². The van der Waals surface area contributed by atoms with E-state index in [9.17, 15) is 14.0 Å². The maximum atomic E-state index is 13.5. The average Bonchev–Trinajstić information content (AvgIpc) is 3.26. The van der Waals surface area contributed by atoms with Gasteiger partial charge in [-0.2, -0.15) is 0 Å². The number of carboxylic acid groups (broad SMARTS) is 1. The van der Waals surface area contributed by atoms with Gasteiger partial charge in [0.15, 0.2) is 11.6 Å². The van der Waals surface area contributed by atoms with Crippen molar-refractivity contribution >= 4 is 18.0 Å². The summed E-state index contributed by atoms with van der Waals surface area (Å²) in [6.45, 7) is -0.315. The summed E-state index contributed by atoms with van der Waals surface area (Å²) in [4.78, 5) is 24.1. The third-order valence-electron chi connectivity index (χ3n) is 3.17. The zero-order valence-electron chi connectivity index (χ0n) is 11.6. The highest BCUT2D eigenvalue weighted by molar-refractivity contribution is 5.94. The lowest BCUT2D eigenvalue weighted by atomic mass is 10.2. The van der Waals surface area contributed by atoms with Crippen LogP contribution in [0.2, 0.25) is 0 Å². The van der Waals surface area contributed by atoms with Crippen LogP contribution in [0.3, 0.4) is 0 Å². The second-order valence-electron chi connectivity index (χ2n) is 4.82. The number of carbonyl (C=O) groups excluding carboxylic acids is 1. The first kappa shape index (κ1) is 15.0. The van der Waals surface area contributed by atoms with Gasteiger partial charge in [-0.05, 0) is 36.6 Å². The number of carbonyl (C=O) groups is 2. The molecule has 1 aliphatic rings. The molecule has 5 nitrogen and oxygen atoms in total. The van der Waals surface area contributed by atoms with Crippen molar-refractivity contribution in [1.82, 2.24) is 4.90 Å². The minimum Gasteiger partial charge on any atom is -0.494 e. The van der Waals surface area contributed by atoms with E-state index in [1.165, 1.54) is 36.3 Å². The molecule has 112 valence electrons. The highest BCUT2D eigenvalue weighted by Crippen LogP contribution is 2.27. The molecule has 0 spiro atoms. The molecule has 1 aliphatic carbocycles. The summed E-state index contributed by atoms with van der Waals surface area (Å²) in [5.74, 6) is -1.81. The number of hydrogen-bond donors (Lipinski definition) is 1. The molecule has 0 radical (unpaired) electrons. The molecule has 1 saturated carbocycles. The van der Waals surface area contributed by atoms with Crippen molar-refractivity contribution in [3.05, 3.63) is 35.7 Å². The predicted molar refractivity (Wildman–Crippen MR) is 74.4 cm³/mol. The molecule has 0 saturated heterocycles. The van der Waals surface area contributed by atoms with Crippen molar-refractivity contribution in [2.24, 2.45) is 0 Å². The number of methoxy groups -OCH3 is 1. The van der Waals surface area contributed by atoms with Gasteiger partial charge in [0.1, 0.15) is 6.54 Å². The standard InChI is InChI=1S/C15H16FNO4/c1-21-13-6-2-10(8-12(13)16)3-7-14(18)17(9-15(19)20)11-4-5-11/h2-3,6-8,11H,4-5,9H2,1H3,(H,19,20)/b7-3+. The first-order valence-corrected chi connectivity index (χ1v) is 6.55. The number of hydrogen-bond acceptors (Lipinski definition) is 3. The molecule has 6 heteroatoms. The molecule has 0 atom stereocenters. The Bertz CT molecular complexity index is 581. The summed E-state index contributed by atoms with van der Waals surface area (Å²) in [5.41, 5.74) is 0.507. The van der Waals surface area contributed by atoms with Crippen LogP contribution in [0.15, 0.2) is 24.3 Å². The molecule has 0 unspecified atom stereocenters. The SMILES string of the molecule is COc1ccc(/C=C/C(=O)N(CC(=O)O)C2CC2)cc1F. The monoisotopic (exact) mass is 293 g/mol. The van der Waals surface area contributed by atoms with Gasteiger partial charge in [0.2, 0.25) is 5.91 Å². The Morgan fingerprint density at radius 3 is 2.71 bits per heavy atom. The van der Waals surface area contributed by atoms with E-state index in [0.29, 0.717) is 5.56 Å². The Balaban J connectivity index is 2.06. The number of nitrogens with zero attached hydrogens (tertiary/aromatic N) is 1. The third kappa shape index (κ3) is 4.05. The van der Waals surface area contributed by atoms with Crippen LogP contribution in [-0.2, 0) is 9.59 Å². The van der Waals surface area contributed by atoms with Gasteiger partial charge in [-0.25, -0.2) is 4.39 Å². The molecule has 1 aromatic carbocycles. The zero-order chi connectivity index (χ0) is 15.4. The molecule has 0 bridgehead atoms. The van der Waals surface area contributed by atoms with E-state index in [1.807, 2.05) is 0 Å². The van der Waals surface area contributed by atoms with Crippen molar-refractivity contribution in [1.29, 1.82) is 0 Å². The van der Waals surface area contributed by atoms with Crippen molar-refractivity contribution in [2.45, 2.75) is 18.9 Å². The van der Waals surface area contributed by atoms with Crippen molar-refractivity contribution in [3.63, 3.8) is 0 Å². The Morgan fingerprint density at radius 1 is 1.48 bits per heavy atom. The molecule has 21 heavy (non-hydrogen) atoms. The van der Waals surface area contributed by atoms with Gasteiger partial charge in [0, 0.05) is 12.1 Å². The summed E-state index contributed by atoms with van der Waals surface area (Å²) in [7, 11) is 1.37. The van der Waals surface area contributed by atoms with Crippen LogP contribution in [0.4, 0.5) is 4.39 Å². The summed E-state index contributed by atoms with van der Waals surface area (Å²) in [6.07, 6.45) is 4.37. The van der Waals surface area contributed by atoms with E-state index in [2.05, 4.69) is 0 Å². The lowest BCUT2D eigenvalue weighted by Gasteiger charge is -2.17. The lowest BCUT2D eigenvalue weighted by Crippen LogP contribution is -2.36. The van der Waals surface area contributed by atoms with Crippen LogP contribution in [0.1, 0.15) is 18.4 Å². The third-order valence-corrected chi connectivity index (χ3v) is 3.17. The number of benzene rings is 1. The van der Waals surface area contributed by atoms with Crippen LogP contribution in [0.25, 0.3) is 6.08 Å². The van der Waals surface area contributed by atoms with E-state index in [4.69, 9.17) is 9.84 Å². The second-order valence-corrected chi connectivity index (χ2v) is 4.82. The average molecular weight is 293 g/mol. The molecule has 1 fully saturated rings. The van der Waals surface area contributed by atoms with Crippen LogP contribution in [0, 0.1) is 5.82 Å². The normalized spacial score (nSPS) is 14.2. The van der Waals surface area contributed by atoms with Crippen LogP contribution in [-0.4, -0.2) is 41.6 Å². The maximum Gasteiger partial charge on any atom is 0.323 e. The first-order chi connectivity index (χ1) is 10.0. The molecular formula is C15H16FNO4. The van der Waals surface area contributed by atoms with Crippen molar-refractivity contribution in [3.8, 4) is 5.75 Å². The molecular weight excluding hydrogens is 277 g/mol. The van der Waals surface area contributed by atoms with E-state index < -0.39 is 11.8 Å². The number of halogens is 1. The summed E-state index contributed by atoms with van der Waals surface area (Å²) in [5, 5.41) is 8.81. The van der Waals surface area contributed by atoms with Gasteiger partial charge < -0.3 is 14.7 Å². The number of aliphatic carboxylic acids is 1. The molecule has 0 heterocycles. The Hall–Kier alpha value is -2.37. The number of carboxylic acids is 1. The van der Waals surface area contributed by atoms with Gasteiger partial charge in [-0.3, -0.25) is 9.59 Å². The predicted octanol–water partition coefficient (Wildman–Crippen LogP) is 1.92. The van der Waals surface area contributed by atoms with E-state index in [-0.39, 0.29) is 24.2 Å². The smallest absolute Gasteiger partial charge is 0.323 e. The quantitative estimate of drug-likeness (QED) is 0.814. The zero-order valence-corrected chi connectivity index (χ0v) is 11.6. The van der Waals surface area contributed by atoms with Gasteiger partial charge in [-0.1, -0.05) is 6.07 Å². The highest BCUT2D eigenvalue weighted by Gasteiger charge is 2.32. The Kier molecular flexibility index (Phi) is 4.57. The fourth-order valence-corrected chi connectivity index (χ4v) is 1.97. The second kappa shape index (κ2) is 6.39. The summed E-state index contributed by atoms with van der Waals surface area (Å²) < 4.78 is 18.3. The van der Waals surface area contributed by atoms with Gasteiger partial charge in [0.05, 0.1) is 7.11 Å². The fourth-order valence-electron chi connectivity index (χ4n) is 1.97. The number of rotatable bonds is 6. The molecule has 2 rings (SSSR count). The van der Waals surface area contributed by atoms with E-state index in [1.54, 1.807) is 6.07 Å². The van der Waals surface area contributed by atoms with Crippen LogP contribution < -0.4 is 4.74 Å². The highest BCUT2D eigenvalue weighted by atomic mass is 19.1. The van der Waals surface area contributed by atoms with Gasteiger partial charge in [0.25, 0.3) is 0 Å². The van der Waals surface area contributed by atoms with Gasteiger partial charge in [-0.15, -0.1) is 0 Å². The maximum absolute atomic E-state index is 13.5. The molecule has 1 N–H and O–H groups in total. The molecule has 0 aliphatic heterocycles. The van der Waals surface area contributed by atoms with E-state index >= 15 is 0 Å². The number of ether oxygens (including phenoxy) is 1. The minimum atomic E-state index is -1.04. The summed E-state index contributed by atoms with van der Waals surface area (Å²) >= 11 is 0. The topological polar surface area (TPSA) is 66.8 Å². The first-order valence-electron chi connectivity index (χ1n) is 6.55. The van der Waals surface area contributed by atoms with Crippen LogP contribution in [0.5, 0.6) is 5.75 Å². The molecule has 0 aromatic heterocycles. The van der Waals surface area contributed by atoms with Crippen molar-refractivity contribution < 1.29 is 23.8 Å². The summed E-state index contributed by atoms with van der Waals surface area (Å²) in [6, 6.07) is 4.34. The number of amides is 1. The lowest BCUT2D eigenvalue weighted by molar-refractivity contribution is -0.143. The van der Waals surface area contributed by atoms with Crippen LogP contribution >= 0.6 is 0 Å². The molecule has 1 amide bonds. The fraction of sp³-hybridized carbons (Fsp3) is 0.333. The van der Waals surface area contributed by atoms with Crippen molar-refractivity contribution in [2.75, 3.05) is 13.7 Å². The Morgan fingerprint density at radius 2 is 2.19 bits per heavy atom. The van der Waals surface area contributed by atoms with E-state index in [0.717, 1.165) is 12.8 Å². The largest absolute Gasteiger partial charge is 0.494 e. The minimum absolute atomic E-state index is 0.00542. The molecule has 1 aromatic rings.